The number of ether oxygens (including phenoxy) is 6. The normalized spacial score (nSPS) is 25.9. The molecule has 0 aliphatic carbocycles. The molecule has 7 aliphatic heterocycles. The lowest BCUT2D eigenvalue weighted by Crippen LogP contribution is -2.69. The van der Waals surface area contributed by atoms with E-state index in [1.54, 1.807) is 30.0 Å². The molecule has 4 aromatic carbocycles. The smallest absolute Gasteiger partial charge is 0.337 e. The lowest BCUT2D eigenvalue weighted by Gasteiger charge is -2.62. The molecule has 1 aromatic heterocycles. The molecule has 0 unspecified atom stereocenters. The third-order valence-corrected chi connectivity index (χ3v) is 16.2. The van der Waals surface area contributed by atoms with Crippen LogP contribution >= 0.6 is 11.8 Å². The maximum absolute atomic E-state index is 15.8. The Labute approximate surface area is 389 Å². The molecule has 7 atom stereocenters. The summed E-state index contributed by atoms with van der Waals surface area (Å²) in [6.45, 7) is 4.62. The zero-order chi connectivity index (χ0) is 46.8. The minimum atomic E-state index is -1.85. The van der Waals surface area contributed by atoms with E-state index in [-0.39, 0.29) is 60.3 Å². The number of carbonyl (C=O) groups excluding carboxylic acids is 3. The van der Waals surface area contributed by atoms with E-state index >= 15 is 9.59 Å². The molecular weight excluding hydrogens is 879 g/mol. The highest BCUT2D eigenvalue weighted by molar-refractivity contribution is 7.99. The minimum Gasteiger partial charge on any atom is -0.504 e. The molecule has 2 fully saturated rings. The van der Waals surface area contributed by atoms with Gasteiger partial charge in [0.05, 0.1) is 48.7 Å². The number of amides is 1. The number of likely N-dealkylation sites (N-methyl/N-ethyl adjacent to an activating group) is 1. The molecule has 17 heteroatoms. The van der Waals surface area contributed by atoms with Crippen molar-refractivity contribution < 1.29 is 53.0 Å². The van der Waals surface area contributed by atoms with Crippen molar-refractivity contribution in [3.8, 4) is 46.3 Å². The number of thioether (sulfide) groups is 1. The minimum absolute atomic E-state index is 0.0137. The number of methoxy groups -OCH3 is 2. The number of hydrogen-bond acceptors (Lipinski definition) is 16. The summed E-state index contributed by atoms with van der Waals surface area (Å²) < 4.78 is 36.8. The fourth-order valence-electron chi connectivity index (χ4n) is 11.9. The second-order valence-electron chi connectivity index (χ2n) is 18.0. The van der Waals surface area contributed by atoms with E-state index in [0.717, 1.165) is 16.5 Å². The number of nitrogens with zero attached hydrogens (tertiary/aromatic N) is 5. The predicted molar refractivity (Wildman–Crippen MR) is 243 cm³/mol. The van der Waals surface area contributed by atoms with Crippen molar-refractivity contribution in [2.24, 2.45) is 0 Å². The first-order valence-electron chi connectivity index (χ1n) is 22.1. The van der Waals surface area contributed by atoms with Gasteiger partial charge in [-0.25, -0.2) is 4.79 Å². The predicted octanol–water partition coefficient (Wildman–Crippen LogP) is 6.09. The van der Waals surface area contributed by atoms with E-state index in [2.05, 4.69) is 20.9 Å². The first-order valence-corrected chi connectivity index (χ1v) is 23.2. The van der Waals surface area contributed by atoms with Gasteiger partial charge < -0.3 is 43.5 Å². The third kappa shape index (κ3) is 6.05. The summed E-state index contributed by atoms with van der Waals surface area (Å²) in [6.07, 6.45) is 2.23. The SMILES string of the molecule is COc1cc2c(cc1O)CCN(C(=O)c1cnc3ccccc3c1)[C@]21CS[C@@H]2c3c(OC(C)=O)c(C)c4c(c3[C@H](COC1=O)N1[C@@H]2[C@@H]2c3c(cc(C)c(OC)c3O)C[C@@H]([C@@H]1C#N)N2C)OCO4. The fraction of sp³-hybridized carbons (Fsp3) is 0.380. The van der Waals surface area contributed by atoms with Crippen molar-refractivity contribution >= 4 is 40.5 Å². The van der Waals surface area contributed by atoms with Crippen molar-refractivity contribution in [3.63, 3.8) is 0 Å². The van der Waals surface area contributed by atoms with Crippen LogP contribution in [0.5, 0.6) is 40.2 Å². The van der Waals surface area contributed by atoms with E-state index in [1.165, 1.54) is 39.1 Å². The number of pyridine rings is 1. The highest BCUT2D eigenvalue weighted by atomic mass is 32.2. The van der Waals surface area contributed by atoms with E-state index in [4.69, 9.17) is 28.4 Å². The summed E-state index contributed by atoms with van der Waals surface area (Å²) >= 11 is 1.35. The first-order chi connectivity index (χ1) is 32.3. The van der Waals surface area contributed by atoms with E-state index in [0.29, 0.717) is 69.0 Å². The maximum Gasteiger partial charge on any atom is 0.337 e. The van der Waals surface area contributed by atoms with Gasteiger partial charge in [-0.1, -0.05) is 24.3 Å². The van der Waals surface area contributed by atoms with Crippen molar-refractivity contribution in [2.45, 2.75) is 74.6 Å². The monoisotopic (exact) mass is 925 g/mol. The van der Waals surface area contributed by atoms with Crippen molar-refractivity contribution in [1.82, 2.24) is 19.7 Å². The first kappa shape index (κ1) is 42.9. The molecule has 12 rings (SSSR count). The van der Waals surface area contributed by atoms with Gasteiger partial charge in [0.15, 0.2) is 40.0 Å². The van der Waals surface area contributed by atoms with Crippen LogP contribution in [-0.2, 0) is 32.7 Å². The second kappa shape index (κ2) is 15.7. The van der Waals surface area contributed by atoms with Gasteiger partial charge in [0, 0.05) is 65.1 Å². The van der Waals surface area contributed by atoms with Crippen LogP contribution in [-0.4, -0.2) is 113 Å². The Bertz CT molecular complexity index is 3030. The average molecular weight is 926 g/mol. The summed E-state index contributed by atoms with van der Waals surface area (Å²) in [5, 5.41) is 34.8. The molecule has 2 N–H and O–H groups in total. The van der Waals surface area contributed by atoms with Gasteiger partial charge in [0.1, 0.15) is 18.4 Å². The number of phenols is 2. The van der Waals surface area contributed by atoms with Gasteiger partial charge in [-0.3, -0.25) is 24.4 Å². The lowest BCUT2D eigenvalue weighted by molar-refractivity contribution is -0.162. The molecule has 4 bridgehead atoms. The van der Waals surface area contributed by atoms with Crippen LogP contribution in [0.15, 0.2) is 54.7 Å². The zero-order valence-corrected chi connectivity index (χ0v) is 38.4. The molecule has 1 amide bonds. The Kier molecular flexibility index (Phi) is 10.0. The van der Waals surface area contributed by atoms with Crippen LogP contribution in [0.25, 0.3) is 10.9 Å². The van der Waals surface area contributed by atoms with Gasteiger partial charge in [0.25, 0.3) is 5.91 Å². The zero-order valence-electron chi connectivity index (χ0n) is 37.6. The van der Waals surface area contributed by atoms with Gasteiger partial charge in [0.2, 0.25) is 6.79 Å². The number of rotatable bonds is 4. The molecule has 344 valence electrons. The molecule has 0 radical (unpaired) electrons. The molecule has 67 heavy (non-hydrogen) atoms. The van der Waals surface area contributed by atoms with E-state index in [1.807, 2.05) is 44.3 Å². The van der Waals surface area contributed by atoms with Crippen LogP contribution < -0.4 is 23.7 Å². The van der Waals surface area contributed by atoms with Gasteiger partial charge >= 0.3 is 11.9 Å². The number of esters is 2. The topological polar surface area (TPSA) is 193 Å². The van der Waals surface area contributed by atoms with Crippen LogP contribution in [0.2, 0.25) is 0 Å². The van der Waals surface area contributed by atoms with Crippen molar-refractivity contribution in [2.75, 3.05) is 47.0 Å². The largest absolute Gasteiger partial charge is 0.504 e. The Morgan fingerprint density at radius 1 is 0.985 bits per heavy atom. The summed E-state index contributed by atoms with van der Waals surface area (Å²) in [5.74, 6) is -0.574. The number of para-hydroxylation sites is 1. The number of aromatic hydroxyl groups is 2. The Morgan fingerprint density at radius 3 is 2.54 bits per heavy atom. The second-order valence-corrected chi connectivity index (χ2v) is 19.1. The molecular formula is C50H47N5O11S. The average Bonchev–Trinajstić information content (AvgIpc) is 3.81. The van der Waals surface area contributed by atoms with Gasteiger partial charge in [-0.05, 0) is 80.3 Å². The van der Waals surface area contributed by atoms with Crippen LogP contribution in [0.4, 0.5) is 0 Å². The quantitative estimate of drug-likeness (QED) is 0.155. The molecule has 2 saturated heterocycles. The molecule has 16 nitrogen and oxygen atoms in total. The number of carbonyl (C=O) groups is 3. The Morgan fingerprint density at radius 2 is 1.78 bits per heavy atom. The van der Waals surface area contributed by atoms with Gasteiger partial charge in [-0.2, -0.15) is 5.26 Å². The number of nitriles is 1. The number of fused-ring (bicyclic) bond motifs is 10. The summed E-state index contributed by atoms with van der Waals surface area (Å²) in [6, 6.07) is 13.7. The van der Waals surface area contributed by atoms with E-state index in [9.17, 15) is 20.3 Å². The van der Waals surface area contributed by atoms with Crippen molar-refractivity contribution in [3.05, 3.63) is 105 Å². The van der Waals surface area contributed by atoms with Gasteiger partial charge in [-0.15, -0.1) is 11.8 Å². The molecule has 1 spiro atoms. The van der Waals surface area contributed by atoms with Crippen molar-refractivity contribution in [1.29, 1.82) is 5.26 Å². The number of piperazine rings is 1. The number of phenolic OH excluding ortho intramolecular Hbond substituents is 2. The van der Waals surface area contributed by atoms with Crippen LogP contribution in [0, 0.1) is 25.2 Å². The summed E-state index contributed by atoms with van der Waals surface area (Å²) in [5.41, 5.74) is 4.09. The van der Waals surface area contributed by atoms with E-state index < -0.39 is 52.8 Å². The molecule has 5 aromatic rings. The lowest BCUT2D eigenvalue weighted by atomic mass is 9.71. The standard InChI is InChI=1S/C50H47N5O11S/c1-23-13-28-15-32-33(18-51)55-34-20-63-49(60)50(30-17-36(61-5)35(57)16-26(30)11-12-54(50)48(59)29-14-27-9-7-8-10-31(27)52-19-29)21-67-47(41(55)40(53(32)4)37(28)42(58)43(23)62-6)39-38(34)46-45(64-22-65-46)24(2)44(39)66-25(3)56/h7-10,13-14,16-17,19,32-34,40-41,47,57-58H,11-12,15,20-22H2,1-6H3/t32-,33-,34-,40-,41+,47+,50+/m0/s1. The third-order valence-electron chi connectivity index (χ3n) is 14.7. The fourth-order valence-corrected chi connectivity index (χ4v) is 13.6. The molecule has 0 saturated carbocycles. The molecule has 7 aliphatic rings. The molecule has 8 heterocycles. The highest BCUT2D eigenvalue weighted by Gasteiger charge is 2.63. The number of aryl methyl sites for hydroxylation is 1. The van der Waals surface area contributed by atoms with Crippen LogP contribution in [0.3, 0.4) is 0 Å². The Hall–Kier alpha value is -6.74. The maximum atomic E-state index is 15.8. The summed E-state index contributed by atoms with van der Waals surface area (Å²) in [4.78, 5) is 54.7. The Balaban J connectivity index is 1.18. The highest BCUT2D eigenvalue weighted by Crippen LogP contribution is 2.65. The number of hydrogen-bond donors (Lipinski definition) is 2. The summed E-state index contributed by atoms with van der Waals surface area (Å²) in [7, 11) is 4.89. The van der Waals surface area contributed by atoms with Crippen LogP contribution in [0.1, 0.15) is 79.1 Å². The number of benzene rings is 4. The number of aromatic nitrogens is 1.